The Kier molecular flexibility index (Phi) is 6.72. The van der Waals surface area contributed by atoms with Gasteiger partial charge in [-0.15, -0.1) is 0 Å². The molecular formula is C15H22N4O2. The Morgan fingerprint density at radius 3 is 2.62 bits per heavy atom. The molecule has 6 nitrogen and oxygen atoms in total. The molecule has 0 radical (unpaired) electrons. The molecule has 0 aliphatic heterocycles. The van der Waals surface area contributed by atoms with Gasteiger partial charge in [-0.25, -0.2) is 4.79 Å². The third kappa shape index (κ3) is 4.48. The van der Waals surface area contributed by atoms with Crippen molar-refractivity contribution in [2.45, 2.75) is 25.8 Å². The molecule has 0 aliphatic rings. The molecule has 0 aliphatic carbocycles. The van der Waals surface area contributed by atoms with Gasteiger partial charge < -0.3 is 4.74 Å². The Labute approximate surface area is 125 Å². The van der Waals surface area contributed by atoms with Crippen molar-refractivity contribution >= 4 is 5.97 Å². The van der Waals surface area contributed by atoms with Gasteiger partial charge >= 0.3 is 5.97 Å². The van der Waals surface area contributed by atoms with Gasteiger partial charge in [0.15, 0.2) is 0 Å². The molecule has 0 saturated heterocycles. The van der Waals surface area contributed by atoms with Gasteiger partial charge in [-0.1, -0.05) is 49.3 Å². The van der Waals surface area contributed by atoms with Gasteiger partial charge in [-0.3, -0.25) is 5.32 Å². The van der Waals surface area contributed by atoms with Crippen LogP contribution in [0.4, 0.5) is 0 Å². The molecule has 0 saturated carbocycles. The first kappa shape index (κ1) is 17.0. The average molecular weight is 290 g/mol. The first-order valence-corrected chi connectivity index (χ1v) is 6.96. The lowest BCUT2D eigenvalue weighted by atomic mass is 9.82. The normalized spacial score (nSPS) is 13.3. The molecule has 114 valence electrons. The third-order valence-corrected chi connectivity index (χ3v) is 3.22. The number of esters is 1. The number of carbonyl (C=O) groups is 1. The van der Waals surface area contributed by atoms with Crippen molar-refractivity contribution in [3.8, 4) is 0 Å². The van der Waals surface area contributed by atoms with Gasteiger partial charge in [0, 0.05) is 18.0 Å². The molecule has 6 heteroatoms. The fourth-order valence-corrected chi connectivity index (χ4v) is 2.44. The molecule has 0 spiro atoms. The summed E-state index contributed by atoms with van der Waals surface area (Å²) in [6, 6.07) is 9.49. The van der Waals surface area contributed by atoms with Crippen LogP contribution in [-0.2, 0) is 15.1 Å². The van der Waals surface area contributed by atoms with E-state index in [0.717, 1.165) is 5.56 Å². The number of azide groups is 1. The molecule has 1 aromatic carbocycles. The molecule has 0 fully saturated rings. The highest BCUT2D eigenvalue weighted by atomic mass is 16.5. The fourth-order valence-electron chi connectivity index (χ4n) is 2.44. The number of hydrogen-bond acceptors (Lipinski definition) is 4. The maximum atomic E-state index is 12.4. The zero-order valence-corrected chi connectivity index (χ0v) is 12.7. The van der Waals surface area contributed by atoms with Crippen molar-refractivity contribution < 1.29 is 9.53 Å². The Morgan fingerprint density at radius 2 is 2.10 bits per heavy atom. The lowest BCUT2D eigenvalue weighted by molar-refractivity contribution is -0.150. The summed E-state index contributed by atoms with van der Waals surface area (Å²) in [5.41, 5.74) is 8.28. The van der Waals surface area contributed by atoms with Crippen LogP contribution < -0.4 is 5.32 Å². The number of rotatable bonds is 8. The number of benzene rings is 1. The van der Waals surface area contributed by atoms with Crippen molar-refractivity contribution in [3.63, 3.8) is 0 Å². The number of nitrogens with one attached hydrogen (secondary N) is 1. The summed E-state index contributed by atoms with van der Waals surface area (Å²) in [5.74, 6) is -0.0420. The van der Waals surface area contributed by atoms with E-state index in [1.165, 1.54) is 7.11 Å². The molecule has 0 amide bonds. The first-order valence-electron chi connectivity index (χ1n) is 6.96. The van der Waals surface area contributed by atoms with Crippen LogP contribution in [0.25, 0.3) is 10.4 Å². The number of carbonyl (C=O) groups excluding carboxylic acids is 1. The molecule has 1 rings (SSSR count). The van der Waals surface area contributed by atoms with E-state index in [1.54, 1.807) is 0 Å². The van der Waals surface area contributed by atoms with Crippen LogP contribution >= 0.6 is 0 Å². The number of nitrogens with zero attached hydrogens (tertiary/aromatic N) is 3. The second kappa shape index (κ2) is 8.29. The number of methoxy groups -OCH3 is 1. The van der Waals surface area contributed by atoms with Crippen LogP contribution in [0, 0.1) is 5.92 Å². The standard InChI is InChI=1S/C15H22N4O2/c1-12(2)11-15(14(20)21-3,17-9-10-18-19-16)13-7-5-4-6-8-13/h4-8,12,17H,9-11H2,1-3H3. The second-order valence-corrected chi connectivity index (χ2v) is 5.24. The van der Waals surface area contributed by atoms with Crippen molar-refractivity contribution in [2.75, 3.05) is 20.2 Å². The number of hydrogen-bond donors (Lipinski definition) is 1. The van der Waals surface area contributed by atoms with Crippen molar-refractivity contribution in [2.24, 2.45) is 11.0 Å². The highest BCUT2D eigenvalue weighted by Crippen LogP contribution is 2.30. The Bertz CT molecular complexity index is 498. The van der Waals surface area contributed by atoms with E-state index < -0.39 is 5.54 Å². The Hall–Kier alpha value is -2.04. The molecular weight excluding hydrogens is 268 g/mol. The monoisotopic (exact) mass is 290 g/mol. The predicted octanol–water partition coefficient (Wildman–Crippen LogP) is 3.00. The SMILES string of the molecule is COC(=O)C(CC(C)C)(NCCN=[N+]=[N-])c1ccccc1. The van der Waals surface area contributed by atoms with E-state index in [9.17, 15) is 4.79 Å². The predicted molar refractivity (Wildman–Crippen MR) is 81.6 cm³/mol. The summed E-state index contributed by atoms with van der Waals surface area (Å²) in [4.78, 5) is 15.2. The molecule has 1 unspecified atom stereocenters. The zero-order chi connectivity index (χ0) is 15.7. The van der Waals surface area contributed by atoms with Gasteiger partial charge in [-0.05, 0) is 23.4 Å². The molecule has 1 aromatic rings. The highest BCUT2D eigenvalue weighted by Gasteiger charge is 2.41. The minimum atomic E-state index is -0.921. The summed E-state index contributed by atoms with van der Waals surface area (Å²) in [6.45, 7) is 4.78. The van der Waals surface area contributed by atoms with Crippen LogP contribution in [0.15, 0.2) is 35.4 Å². The van der Waals surface area contributed by atoms with E-state index in [0.29, 0.717) is 13.0 Å². The lowest BCUT2D eigenvalue weighted by Crippen LogP contribution is -2.51. The van der Waals surface area contributed by atoms with Gasteiger partial charge in [0.25, 0.3) is 0 Å². The fraction of sp³-hybridized carbons (Fsp3) is 0.533. The smallest absolute Gasteiger partial charge is 0.330 e. The molecule has 1 atom stereocenters. The van der Waals surface area contributed by atoms with Crippen molar-refractivity contribution in [3.05, 3.63) is 46.3 Å². The summed E-state index contributed by atoms with van der Waals surface area (Å²) in [5, 5.41) is 6.73. The van der Waals surface area contributed by atoms with Crippen molar-refractivity contribution in [1.82, 2.24) is 5.32 Å². The first-order chi connectivity index (χ1) is 10.1. The quantitative estimate of drug-likeness (QED) is 0.262. The molecule has 0 heterocycles. The minimum Gasteiger partial charge on any atom is -0.467 e. The summed E-state index contributed by atoms with van der Waals surface area (Å²) >= 11 is 0. The van der Waals surface area contributed by atoms with Gasteiger partial charge in [0.05, 0.1) is 7.11 Å². The van der Waals surface area contributed by atoms with E-state index in [1.807, 2.05) is 30.3 Å². The third-order valence-electron chi connectivity index (χ3n) is 3.22. The molecule has 0 bridgehead atoms. The van der Waals surface area contributed by atoms with Crippen LogP contribution in [0.2, 0.25) is 0 Å². The van der Waals surface area contributed by atoms with Gasteiger partial charge in [-0.2, -0.15) is 0 Å². The average Bonchev–Trinajstić information content (AvgIpc) is 2.50. The Balaban J connectivity index is 3.14. The molecule has 21 heavy (non-hydrogen) atoms. The Morgan fingerprint density at radius 1 is 1.43 bits per heavy atom. The van der Waals surface area contributed by atoms with Crippen LogP contribution in [0.1, 0.15) is 25.8 Å². The topological polar surface area (TPSA) is 87.1 Å². The van der Waals surface area contributed by atoms with Crippen LogP contribution in [-0.4, -0.2) is 26.2 Å². The maximum Gasteiger partial charge on any atom is 0.330 e. The highest BCUT2D eigenvalue weighted by molar-refractivity contribution is 5.82. The zero-order valence-electron chi connectivity index (χ0n) is 12.7. The van der Waals surface area contributed by atoms with E-state index >= 15 is 0 Å². The molecule has 0 aromatic heterocycles. The maximum absolute atomic E-state index is 12.4. The largest absolute Gasteiger partial charge is 0.467 e. The van der Waals surface area contributed by atoms with E-state index in [-0.39, 0.29) is 18.4 Å². The lowest BCUT2D eigenvalue weighted by Gasteiger charge is -2.34. The summed E-state index contributed by atoms with van der Waals surface area (Å²) < 4.78 is 5.02. The van der Waals surface area contributed by atoms with Crippen LogP contribution in [0.5, 0.6) is 0 Å². The number of ether oxygens (including phenoxy) is 1. The van der Waals surface area contributed by atoms with Gasteiger partial charge in [0.1, 0.15) is 5.54 Å². The molecule has 1 N–H and O–H groups in total. The van der Waals surface area contributed by atoms with Crippen LogP contribution in [0.3, 0.4) is 0 Å². The minimum absolute atomic E-state index is 0.278. The second-order valence-electron chi connectivity index (χ2n) is 5.24. The van der Waals surface area contributed by atoms with E-state index in [4.69, 9.17) is 10.3 Å². The van der Waals surface area contributed by atoms with Crippen molar-refractivity contribution in [1.29, 1.82) is 0 Å². The van der Waals surface area contributed by atoms with Gasteiger partial charge in [0.2, 0.25) is 0 Å². The summed E-state index contributed by atoms with van der Waals surface area (Å²) in [6.07, 6.45) is 0.597. The van der Waals surface area contributed by atoms with E-state index in [2.05, 4.69) is 29.2 Å². The summed E-state index contributed by atoms with van der Waals surface area (Å²) in [7, 11) is 1.38.